The number of morpholine rings is 1. The van der Waals surface area contributed by atoms with E-state index in [1.165, 1.54) is 25.7 Å². The van der Waals surface area contributed by atoms with E-state index in [0.717, 1.165) is 32.2 Å². The van der Waals surface area contributed by atoms with Crippen LogP contribution in [-0.2, 0) is 4.74 Å². The minimum atomic E-state index is 0.000324. The number of aliphatic hydroxyl groups excluding tert-OH is 1. The first-order valence-corrected chi connectivity index (χ1v) is 8.19. The normalized spacial score (nSPS) is 39.9. The van der Waals surface area contributed by atoms with Gasteiger partial charge in [0.25, 0.3) is 0 Å². The molecule has 2 N–H and O–H groups in total. The Morgan fingerprint density at radius 1 is 1.30 bits per heavy atom. The number of nitrogens with zero attached hydrogens (tertiary/aromatic N) is 1. The molecule has 118 valence electrons. The summed E-state index contributed by atoms with van der Waals surface area (Å²) in [5, 5.41) is 12.8. The Morgan fingerprint density at radius 2 is 2.00 bits per heavy atom. The van der Waals surface area contributed by atoms with Gasteiger partial charge in [-0.1, -0.05) is 19.8 Å². The molecular formula is C16H32N2O2. The van der Waals surface area contributed by atoms with E-state index in [4.69, 9.17) is 4.74 Å². The van der Waals surface area contributed by atoms with Crippen molar-refractivity contribution < 1.29 is 9.84 Å². The van der Waals surface area contributed by atoms with Gasteiger partial charge < -0.3 is 15.2 Å². The van der Waals surface area contributed by atoms with Crippen molar-refractivity contribution in [3.05, 3.63) is 0 Å². The zero-order chi connectivity index (χ0) is 14.6. The first-order chi connectivity index (χ1) is 9.58. The number of ether oxygens (including phenoxy) is 1. The number of hydrogen-bond acceptors (Lipinski definition) is 4. The van der Waals surface area contributed by atoms with Gasteiger partial charge in [0.2, 0.25) is 0 Å². The van der Waals surface area contributed by atoms with Crippen LogP contribution in [0.3, 0.4) is 0 Å². The van der Waals surface area contributed by atoms with Gasteiger partial charge in [-0.05, 0) is 38.1 Å². The van der Waals surface area contributed by atoms with Gasteiger partial charge in [-0.3, -0.25) is 4.90 Å². The largest absolute Gasteiger partial charge is 0.394 e. The maximum absolute atomic E-state index is 9.34. The Kier molecular flexibility index (Phi) is 5.84. The van der Waals surface area contributed by atoms with Crippen molar-refractivity contribution >= 4 is 0 Å². The molecule has 1 saturated heterocycles. The predicted molar refractivity (Wildman–Crippen MR) is 81.9 cm³/mol. The standard InChI is InChI=1S/C16H32N2O2/c1-13-4-6-16(7-5-13,11-17-3)12-18-8-15(9-19)20-10-14(18)2/h13-15,17,19H,4-12H2,1-3H3. The summed E-state index contributed by atoms with van der Waals surface area (Å²) in [6.07, 6.45) is 5.35. The van der Waals surface area contributed by atoms with Crippen molar-refractivity contribution in [2.75, 3.05) is 39.9 Å². The molecule has 2 unspecified atom stereocenters. The molecule has 0 spiro atoms. The Hall–Kier alpha value is -0.160. The molecule has 0 aromatic carbocycles. The third-order valence-corrected chi connectivity index (χ3v) is 5.26. The van der Waals surface area contributed by atoms with E-state index < -0.39 is 0 Å². The summed E-state index contributed by atoms with van der Waals surface area (Å²) in [7, 11) is 2.07. The van der Waals surface area contributed by atoms with E-state index in [1.54, 1.807) is 0 Å². The molecule has 1 heterocycles. The number of nitrogens with one attached hydrogen (secondary N) is 1. The molecule has 0 aromatic heterocycles. The fourth-order valence-corrected chi connectivity index (χ4v) is 3.78. The van der Waals surface area contributed by atoms with Crippen LogP contribution in [-0.4, -0.2) is 62.0 Å². The molecule has 0 radical (unpaired) electrons. The van der Waals surface area contributed by atoms with Crippen LogP contribution in [0.2, 0.25) is 0 Å². The Bertz CT molecular complexity index is 290. The van der Waals surface area contributed by atoms with Crippen LogP contribution in [0.25, 0.3) is 0 Å². The predicted octanol–water partition coefficient (Wildman–Crippen LogP) is 1.48. The van der Waals surface area contributed by atoms with Gasteiger partial charge in [0.05, 0.1) is 19.3 Å². The maximum Gasteiger partial charge on any atom is 0.0933 e. The molecule has 2 aliphatic rings. The van der Waals surface area contributed by atoms with E-state index in [1.807, 2.05) is 0 Å². The van der Waals surface area contributed by atoms with Crippen LogP contribution in [0.4, 0.5) is 0 Å². The van der Waals surface area contributed by atoms with E-state index in [2.05, 4.69) is 31.1 Å². The van der Waals surface area contributed by atoms with Gasteiger partial charge in [0, 0.05) is 25.7 Å². The Balaban J connectivity index is 1.99. The first kappa shape index (κ1) is 16.2. The lowest BCUT2D eigenvalue weighted by Gasteiger charge is -2.46. The van der Waals surface area contributed by atoms with Crippen molar-refractivity contribution in [2.24, 2.45) is 11.3 Å². The molecule has 0 aromatic rings. The third kappa shape index (κ3) is 3.94. The summed E-state index contributed by atoms with van der Waals surface area (Å²) >= 11 is 0. The molecular weight excluding hydrogens is 252 g/mol. The summed E-state index contributed by atoms with van der Waals surface area (Å²) in [4.78, 5) is 2.54. The van der Waals surface area contributed by atoms with Crippen molar-refractivity contribution in [2.45, 2.75) is 51.7 Å². The third-order valence-electron chi connectivity index (χ3n) is 5.26. The number of rotatable bonds is 5. The van der Waals surface area contributed by atoms with Crippen LogP contribution < -0.4 is 5.32 Å². The molecule has 4 heteroatoms. The monoisotopic (exact) mass is 284 g/mol. The van der Waals surface area contributed by atoms with E-state index in [9.17, 15) is 5.11 Å². The van der Waals surface area contributed by atoms with Gasteiger partial charge in [0.15, 0.2) is 0 Å². The second-order valence-electron chi connectivity index (χ2n) is 7.13. The van der Waals surface area contributed by atoms with Gasteiger partial charge in [-0.25, -0.2) is 0 Å². The summed E-state index contributed by atoms with van der Waals surface area (Å²) in [5.74, 6) is 0.882. The van der Waals surface area contributed by atoms with Gasteiger partial charge in [-0.15, -0.1) is 0 Å². The minimum Gasteiger partial charge on any atom is -0.394 e. The zero-order valence-electron chi connectivity index (χ0n) is 13.4. The highest BCUT2D eigenvalue weighted by molar-refractivity contribution is 4.91. The lowest BCUT2D eigenvalue weighted by atomic mass is 9.70. The molecule has 2 atom stereocenters. The maximum atomic E-state index is 9.34. The molecule has 2 rings (SSSR count). The summed E-state index contributed by atoms with van der Waals surface area (Å²) in [5.41, 5.74) is 0.410. The van der Waals surface area contributed by atoms with Gasteiger partial charge >= 0.3 is 0 Å². The fourth-order valence-electron chi connectivity index (χ4n) is 3.78. The van der Waals surface area contributed by atoms with E-state index in [-0.39, 0.29) is 12.7 Å². The van der Waals surface area contributed by atoms with Crippen LogP contribution in [0.1, 0.15) is 39.5 Å². The fraction of sp³-hybridized carbons (Fsp3) is 1.00. The lowest BCUT2D eigenvalue weighted by Crippen LogP contribution is -2.55. The minimum absolute atomic E-state index is 0.000324. The molecule has 1 aliphatic heterocycles. The number of hydrogen-bond donors (Lipinski definition) is 2. The van der Waals surface area contributed by atoms with Crippen LogP contribution in [0.15, 0.2) is 0 Å². The quantitative estimate of drug-likeness (QED) is 0.803. The van der Waals surface area contributed by atoms with Crippen LogP contribution >= 0.6 is 0 Å². The van der Waals surface area contributed by atoms with Crippen LogP contribution in [0, 0.1) is 11.3 Å². The van der Waals surface area contributed by atoms with Gasteiger partial charge in [0.1, 0.15) is 0 Å². The number of aliphatic hydroxyl groups is 1. The second kappa shape index (κ2) is 7.21. The van der Waals surface area contributed by atoms with Crippen molar-refractivity contribution in [1.82, 2.24) is 10.2 Å². The molecule has 2 fully saturated rings. The Labute approximate surface area is 123 Å². The highest BCUT2D eigenvalue weighted by atomic mass is 16.5. The van der Waals surface area contributed by atoms with E-state index >= 15 is 0 Å². The molecule has 0 bridgehead atoms. The topological polar surface area (TPSA) is 44.7 Å². The van der Waals surface area contributed by atoms with Gasteiger partial charge in [-0.2, -0.15) is 0 Å². The summed E-state index contributed by atoms with van der Waals surface area (Å²) in [6.45, 7) is 8.62. The smallest absolute Gasteiger partial charge is 0.0933 e. The summed E-state index contributed by atoms with van der Waals surface area (Å²) in [6, 6.07) is 0.464. The molecule has 20 heavy (non-hydrogen) atoms. The SMILES string of the molecule is CNCC1(CN2CC(CO)OCC2C)CCC(C)CC1. The molecule has 1 saturated carbocycles. The molecule has 0 amide bonds. The average molecular weight is 284 g/mol. The zero-order valence-corrected chi connectivity index (χ0v) is 13.4. The van der Waals surface area contributed by atoms with E-state index in [0.29, 0.717) is 11.5 Å². The van der Waals surface area contributed by atoms with Crippen molar-refractivity contribution in [1.29, 1.82) is 0 Å². The lowest BCUT2D eigenvalue weighted by molar-refractivity contribution is -0.0913. The highest BCUT2D eigenvalue weighted by Crippen LogP contribution is 2.39. The van der Waals surface area contributed by atoms with Crippen molar-refractivity contribution in [3.8, 4) is 0 Å². The summed E-state index contributed by atoms with van der Waals surface area (Å²) < 4.78 is 5.66. The second-order valence-corrected chi connectivity index (χ2v) is 7.13. The van der Waals surface area contributed by atoms with Crippen molar-refractivity contribution in [3.63, 3.8) is 0 Å². The molecule has 4 nitrogen and oxygen atoms in total. The first-order valence-electron chi connectivity index (χ1n) is 8.19. The average Bonchev–Trinajstić information content (AvgIpc) is 2.45. The Morgan fingerprint density at radius 3 is 2.60 bits per heavy atom. The van der Waals surface area contributed by atoms with Crippen LogP contribution in [0.5, 0.6) is 0 Å². The molecule has 1 aliphatic carbocycles. The highest BCUT2D eigenvalue weighted by Gasteiger charge is 2.38.